The minimum Gasteiger partial charge on any atom is -0.354 e. The van der Waals surface area contributed by atoms with E-state index >= 15 is 0 Å². The van der Waals surface area contributed by atoms with Gasteiger partial charge in [-0.25, -0.2) is 0 Å². The molecule has 1 saturated heterocycles. The smallest absolute Gasteiger partial charge is 0.243 e. The van der Waals surface area contributed by atoms with Crippen LogP contribution in [0.25, 0.3) is 0 Å². The quantitative estimate of drug-likeness (QED) is 0.906. The van der Waals surface area contributed by atoms with Crippen LogP contribution in [0, 0.1) is 0 Å². The van der Waals surface area contributed by atoms with E-state index in [1.165, 1.54) is 11.8 Å². The lowest BCUT2D eigenvalue weighted by Gasteiger charge is -2.30. The molecule has 0 bridgehead atoms. The highest BCUT2D eigenvalue weighted by atomic mass is 16.2. The number of nitrogens with zero attached hydrogens (tertiary/aromatic N) is 2. The Kier molecular flexibility index (Phi) is 5.73. The van der Waals surface area contributed by atoms with Gasteiger partial charge in [0.1, 0.15) is 12.6 Å². The minimum atomic E-state index is -0.463. The maximum atomic E-state index is 12.7. The van der Waals surface area contributed by atoms with E-state index < -0.39 is 6.04 Å². The first kappa shape index (κ1) is 17.0. The van der Waals surface area contributed by atoms with E-state index in [0.29, 0.717) is 25.2 Å². The average molecular weight is 317 g/mol. The Morgan fingerprint density at radius 1 is 1.30 bits per heavy atom. The standard InChI is InChI=1S/C17H23N3O3/c1-3-15-17(23)18-10-7-11-19(15)16(22)12-20(13(2)21)14-8-5-4-6-9-14/h4-6,8-9,15H,3,7,10-12H2,1-2H3,(H,18,23)/t15-/m1/s1. The first-order valence-electron chi connectivity index (χ1n) is 7.95. The molecule has 1 aliphatic rings. The van der Waals surface area contributed by atoms with Crippen molar-refractivity contribution in [2.45, 2.75) is 32.7 Å². The maximum Gasteiger partial charge on any atom is 0.243 e. The summed E-state index contributed by atoms with van der Waals surface area (Å²) in [5, 5.41) is 2.82. The highest BCUT2D eigenvalue weighted by molar-refractivity contribution is 5.98. The number of carbonyl (C=O) groups is 3. The van der Waals surface area contributed by atoms with Crippen LogP contribution in [0.1, 0.15) is 26.7 Å². The number of nitrogens with one attached hydrogen (secondary N) is 1. The van der Waals surface area contributed by atoms with Crippen LogP contribution in [0.15, 0.2) is 30.3 Å². The summed E-state index contributed by atoms with van der Waals surface area (Å²) in [6.07, 6.45) is 1.28. The van der Waals surface area contributed by atoms with Crippen LogP contribution in [-0.4, -0.2) is 48.3 Å². The summed E-state index contributed by atoms with van der Waals surface area (Å²) in [7, 11) is 0. The lowest BCUT2D eigenvalue weighted by atomic mass is 10.1. The molecule has 0 aromatic heterocycles. The Morgan fingerprint density at radius 3 is 2.61 bits per heavy atom. The van der Waals surface area contributed by atoms with E-state index in [1.54, 1.807) is 17.0 Å². The molecule has 0 saturated carbocycles. The SMILES string of the molecule is CC[C@@H]1C(=O)NCCCN1C(=O)CN(C(C)=O)c1ccccc1. The Morgan fingerprint density at radius 2 is 2.00 bits per heavy atom. The molecular weight excluding hydrogens is 294 g/mol. The molecule has 0 radical (unpaired) electrons. The number of rotatable bonds is 4. The van der Waals surface area contributed by atoms with Crippen molar-refractivity contribution in [2.24, 2.45) is 0 Å². The van der Waals surface area contributed by atoms with Gasteiger partial charge < -0.3 is 15.1 Å². The van der Waals surface area contributed by atoms with Gasteiger partial charge in [-0.2, -0.15) is 0 Å². The lowest BCUT2D eigenvalue weighted by Crippen LogP contribution is -2.50. The van der Waals surface area contributed by atoms with Crippen LogP contribution in [0.2, 0.25) is 0 Å². The summed E-state index contributed by atoms with van der Waals surface area (Å²) in [4.78, 5) is 39.7. The fourth-order valence-electron chi connectivity index (χ4n) is 2.80. The summed E-state index contributed by atoms with van der Waals surface area (Å²) in [6, 6.07) is 8.63. The highest BCUT2D eigenvalue weighted by Crippen LogP contribution is 2.16. The van der Waals surface area contributed by atoms with Crippen LogP contribution in [0.3, 0.4) is 0 Å². The van der Waals surface area contributed by atoms with Gasteiger partial charge in [-0.3, -0.25) is 14.4 Å². The van der Waals surface area contributed by atoms with E-state index in [9.17, 15) is 14.4 Å². The maximum absolute atomic E-state index is 12.7. The van der Waals surface area contributed by atoms with Crippen LogP contribution in [0.4, 0.5) is 5.69 Å². The summed E-state index contributed by atoms with van der Waals surface area (Å²) in [6.45, 7) is 4.37. The van der Waals surface area contributed by atoms with Crippen molar-refractivity contribution >= 4 is 23.4 Å². The molecule has 1 aromatic rings. The highest BCUT2D eigenvalue weighted by Gasteiger charge is 2.31. The zero-order valence-electron chi connectivity index (χ0n) is 13.6. The predicted octanol–water partition coefficient (Wildman–Crippen LogP) is 1.17. The normalized spacial score (nSPS) is 18.1. The van der Waals surface area contributed by atoms with Crippen molar-refractivity contribution < 1.29 is 14.4 Å². The van der Waals surface area contributed by atoms with E-state index in [0.717, 1.165) is 6.42 Å². The van der Waals surface area contributed by atoms with Crippen molar-refractivity contribution in [1.29, 1.82) is 0 Å². The number of benzene rings is 1. The van der Waals surface area contributed by atoms with Crippen LogP contribution < -0.4 is 10.2 Å². The molecule has 0 aliphatic carbocycles. The van der Waals surface area contributed by atoms with E-state index in [1.807, 2.05) is 25.1 Å². The summed E-state index contributed by atoms with van der Waals surface area (Å²) < 4.78 is 0. The van der Waals surface area contributed by atoms with Gasteiger partial charge in [0, 0.05) is 25.7 Å². The fourth-order valence-corrected chi connectivity index (χ4v) is 2.80. The Bertz CT molecular complexity index is 574. The van der Waals surface area contributed by atoms with Gasteiger partial charge in [0.25, 0.3) is 0 Å². The predicted molar refractivity (Wildman–Crippen MR) is 87.9 cm³/mol. The second-order valence-corrected chi connectivity index (χ2v) is 5.60. The van der Waals surface area contributed by atoms with Gasteiger partial charge in [0.05, 0.1) is 0 Å². The monoisotopic (exact) mass is 317 g/mol. The van der Waals surface area contributed by atoms with Crippen molar-refractivity contribution in [2.75, 3.05) is 24.5 Å². The molecule has 1 aromatic carbocycles. The Hall–Kier alpha value is -2.37. The number of anilines is 1. The Labute approximate surface area is 136 Å². The molecule has 0 spiro atoms. The van der Waals surface area contributed by atoms with Crippen molar-refractivity contribution in [1.82, 2.24) is 10.2 Å². The second-order valence-electron chi connectivity index (χ2n) is 5.60. The number of para-hydroxylation sites is 1. The molecule has 23 heavy (non-hydrogen) atoms. The second kappa shape index (κ2) is 7.76. The third-order valence-corrected chi connectivity index (χ3v) is 4.00. The average Bonchev–Trinajstić information content (AvgIpc) is 2.74. The largest absolute Gasteiger partial charge is 0.354 e. The summed E-state index contributed by atoms with van der Waals surface area (Å²) in [5.41, 5.74) is 0.681. The van der Waals surface area contributed by atoms with Gasteiger partial charge >= 0.3 is 0 Å². The molecule has 1 heterocycles. The van der Waals surface area contributed by atoms with Gasteiger partial charge in [0.15, 0.2) is 0 Å². The molecule has 1 fully saturated rings. The molecular formula is C17H23N3O3. The molecule has 2 rings (SSSR count). The lowest BCUT2D eigenvalue weighted by molar-refractivity contribution is -0.139. The topological polar surface area (TPSA) is 69.7 Å². The van der Waals surface area contributed by atoms with Crippen molar-refractivity contribution in [3.63, 3.8) is 0 Å². The molecule has 124 valence electrons. The molecule has 6 heteroatoms. The molecule has 0 unspecified atom stereocenters. The van der Waals surface area contributed by atoms with Gasteiger partial charge in [-0.05, 0) is 25.0 Å². The fraction of sp³-hybridized carbons (Fsp3) is 0.471. The van der Waals surface area contributed by atoms with Crippen LogP contribution in [-0.2, 0) is 14.4 Å². The zero-order chi connectivity index (χ0) is 16.8. The zero-order valence-corrected chi connectivity index (χ0v) is 13.6. The van der Waals surface area contributed by atoms with Gasteiger partial charge in [-0.15, -0.1) is 0 Å². The summed E-state index contributed by atoms with van der Waals surface area (Å²) >= 11 is 0. The third-order valence-electron chi connectivity index (χ3n) is 4.00. The molecule has 1 N–H and O–H groups in total. The Balaban J connectivity index is 2.17. The first-order chi connectivity index (χ1) is 11.0. The van der Waals surface area contributed by atoms with Gasteiger partial charge in [0.2, 0.25) is 17.7 Å². The third kappa shape index (κ3) is 4.09. The summed E-state index contributed by atoms with van der Waals surface area (Å²) in [5.74, 6) is -0.516. The van der Waals surface area contributed by atoms with Crippen molar-refractivity contribution in [3.05, 3.63) is 30.3 Å². The molecule has 1 atom stereocenters. The number of hydrogen-bond acceptors (Lipinski definition) is 3. The van der Waals surface area contributed by atoms with E-state index in [4.69, 9.17) is 0 Å². The number of amides is 3. The van der Waals surface area contributed by atoms with Gasteiger partial charge in [-0.1, -0.05) is 25.1 Å². The first-order valence-corrected chi connectivity index (χ1v) is 7.95. The number of hydrogen-bond donors (Lipinski definition) is 1. The van der Waals surface area contributed by atoms with Crippen molar-refractivity contribution in [3.8, 4) is 0 Å². The minimum absolute atomic E-state index is 0.0525. The van der Waals surface area contributed by atoms with Crippen LogP contribution in [0.5, 0.6) is 0 Å². The molecule has 1 aliphatic heterocycles. The van der Waals surface area contributed by atoms with E-state index in [2.05, 4.69) is 5.32 Å². The van der Waals surface area contributed by atoms with Crippen LogP contribution >= 0.6 is 0 Å². The molecule has 3 amide bonds. The number of carbonyl (C=O) groups excluding carboxylic acids is 3. The van der Waals surface area contributed by atoms with E-state index in [-0.39, 0.29) is 24.3 Å². The molecule has 6 nitrogen and oxygen atoms in total.